The van der Waals surface area contributed by atoms with Crippen molar-refractivity contribution < 1.29 is 28.8 Å². The maximum absolute atomic E-state index is 11.2. The molecular formula is C13H22O6. The van der Waals surface area contributed by atoms with E-state index in [1.165, 1.54) is 7.11 Å². The van der Waals surface area contributed by atoms with Crippen LogP contribution in [0, 0.1) is 0 Å². The van der Waals surface area contributed by atoms with Crippen LogP contribution in [0.4, 0.5) is 4.79 Å². The Morgan fingerprint density at radius 1 is 1.42 bits per heavy atom. The largest absolute Gasteiger partial charge is 0.508 e. The van der Waals surface area contributed by atoms with Gasteiger partial charge in [0.05, 0.1) is 19.8 Å². The van der Waals surface area contributed by atoms with E-state index >= 15 is 0 Å². The van der Waals surface area contributed by atoms with Gasteiger partial charge in [0.2, 0.25) is 0 Å². The summed E-state index contributed by atoms with van der Waals surface area (Å²) in [7, 11) is 1.24. The maximum Gasteiger partial charge on any atom is 0.508 e. The van der Waals surface area contributed by atoms with Gasteiger partial charge < -0.3 is 24.1 Å². The van der Waals surface area contributed by atoms with E-state index < -0.39 is 24.2 Å². The Morgan fingerprint density at radius 2 is 2.00 bits per heavy atom. The van der Waals surface area contributed by atoms with E-state index in [0.29, 0.717) is 12.0 Å². The molecule has 0 aromatic rings. The van der Waals surface area contributed by atoms with Gasteiger partial charge in [-0.05, 0) is 26.3 Å². The number of aliphatic hydroxyl groups is 1. The standard InChI is InChI=1S/C13H22O6/c1-8(2)9(17-12(15)16-5)6-10-11(7-14)19-13(3,4)18-10/h9-11,14H,1,6-7H2,2-5H3/t9-,10-,11-/m0/s1. The van der Waals surface area contributed by atoms with Gasteiger partial charge in [0.1, 0.15) is 12.2 Å². The Balaban J connectivity index is 2.68. The summed E-state index contributed by atoms with van der Waals surface area (Å²) in [5.41, 5.74) is 0.676. The van der Waals surface area contributed by atoms with Gasteiger partial charge >= 0.3 is 6.16 Å². The molecule has 3 atom stereocenters. The van der Waals surface area contributed by atoms with Crippen molar-refractivity contribution in [2.75, 3.05) is 13.7 Å². The molecule has 110 valence electrons. The minimum Gasteiger partial charge on any atom is -0.438 e. The SMILES string of the molecule is C=C(C)[C@H](C[C@@H]1OC(C)(C)O[C@H]1CO)OC(=O)OC. The molecule has 1 N–H and O–H groups in total. The highest BCUT2D eigenvalue weighted by atomic mass is 16.8. The quantitative estimate of drug-likeness (QED) is 0.606. The first-order chi connectivity index (χ1) is 8.79. The fourth-order valence-corrected chi connectivity index (χ4v) is 1.99. The van der Waals surface area contributed by atoms with Crippen molar-refractivity contribution in [3.8, 4) is 0 Å². The highest BCUT2D eigenvalue weighted by molar-refractivity contribution is 5.60. The van der Waals surface area contributed by atoms with Crippen LogP contribution in [0.1, 0.15) is 27.2 Å². The molecule has 0 aromatic heterocycles. The first-order valence-corrected chi connectivity index (χ1v) is 6.15. The fraction of sp³-hybridized carbons (Fsp3) is 0.769. The van der Waals surface area contributed by atoms with Gasteiger partial charge in [-0.3, -0.25) is 0 Å². The molecule has 1 aliphatic rings. The summed E-state index contributed by atoms with van der Waals surface area (Å²) in [6, 6.07) is 0. The van der Waals surface area contributed by atoms with E-state index in [0.717, 1.165) is 0 Å². The van der Waals surface area contributed by atoms with Gasteiger partial charge in [-0.15, -0.1) is 0 Å². The first-order valence-electron chi connectivity index (χ1n) is 6.15. The number of carbonyl (C=O) groups is 1. The zero-order valence-corrected chi connectivity index (χ0v) is 11.8. The van der Waals surface area contributed by atoms with Crippen LogP contribution in [0.3, 0.4) is 0 Å². The summed E-state index contributed by atoms with van der Waals surface area (Å²) in [4.78, 5) is 11.2. The molecule has 1 heterocycles. The Hall–Kier alpha value is -1.11. The summed E-state index contributed by atoms with van der Waals surface area (Å²) >= 11 is 0. The lowest BCUT2D eigenvalue weighted by Crippen LogP contribution is -2.32. The smallest absolute Gasteiger partial charge is 0.438 e. The average Bonchev–Trinajstić information content (AvgIpc) is 2.62. The molecule has 0 saturated carbocycles. The molecule has 1 aliphatic heterocycles. The number of rotatable bonds is 5. The predicted octanol–water partition coefficient (Wildman–Crippen LogP) is 1.62. The summed E-state index contributed by atoms with van der Waals surface area (Å²) in [5, 5.41) is 9.29. The van der Waals surface area contributed by atoms with Crippen molar-refractivity contribution in [3.63, 3.8) is 0 Å². The predicted molar refractivity (Wildman–Crippen MR) is 67.6 cm³/mol. The number of ether oxygens (including phenoxy) is 4. The van der Waals surface area contributed by atoms with Crippen molar-refractivity contribution in [2.24, 2.45) is 0 Å². The van der Waals surface area contributed by atoms with E-state index in [1.807, 2.05) is 0 Å². The molecule has 0 radical (unpaired) electrons. The van der Waals surface area contributed by atoms with Crippen LogP contribution >= 0.6 is 0 Å². The van der Waals surface area contributed by atoms with Crippen LogP contribution in [0.15, 0.2) is 12.2 Å². The van der Waals surface area contributed by atoms with Crippen molar-refractivity contribution >= 4 is 6.16 Å². The number of hydrogen-bond donors (Lipinski definition) is 1. The monoisotopic (exact) mass is 274 g/mol. The molecule has 1 rings (SSSR count). The van der Waals surface area contributed by atoms with Crippen molar-refractivity contribution in [3.05, 3.63) is 12.2 Å². The van der Waals surface area contributed by atoms with E-state index in [4.69, 9.17) is 14.2 Å². The molecule has 0 aromatic carbocycles. The third-order valence-electron chi connectivity index (χ3n) is 2.87. The second-order valence-corrected chi connectivity index (χ2v) is 5.04. The lowest BCUT2D eigenvalue weighted by atomic mass is 10.0. The van der Waals surface area contributed by atoms with Crippen molar-refractivity contribution in [1.82, 2.24) is 0 Å². The van der Waals surface area contributed by atoms with Gasteiger partial charge in [-0.25, -0.2) is 4.79 Å². The molecule has 1 fully saturated rings. The normalized spacial score (nSPS) is 26.8. The molecule has 6 nitrogen and oxygen atoms in total. The van der Waals surface area contributed by atoms with Crippen molar-refractivity contribution in [1.29, 1.82) is 0 Å². The second kappa shape index (κ2) is 6.36. The van der Waals surface area contributed by atoms with Gasteiger partial charge in [0, 0.05) is 6.42 Å². The first kappa shape index (κ1) is 15.9. The Bertz CT molecular complexity index is 338. The molecule has 0 amide bonds. The average molecular weight is 274 g/mol. The highest BCUT2D eigenvalue weighted by Crippen LogP contribution is 2.31. The number of aliphatic hydroxyl groups excluding tert-OH is 1. The van der Waals surface area contributed by atoms with Gasteiger partial charge in [-0.2, -0.15) is 0 Å². The Labute approximate surface area is 113 Å². The Morgan fingerprint density at radius 3 is 2.47 bits per heavy atom. The second-order valence-electron chi connectivity index (χ2n) is 5.04. The molecule has 1 saturated heterocycles. The van der Waals surface area contributed by atoms with Crippen LogP contribution < -0.4 is 0 Å². The molecule has 0 aliphatic carbocycles. The maximum atomic E-state index is 11.2. The molecule has 19 heavy (non-hydrogen) atoms. The summed E-state index contributed by atoms with van der Waals surface area (Å²) in [5.74, 6) is -0.761. The zero-order valence-electron chi connectivity index (χ0n) is 11.8. The molecule has 0 spiro atoms. The fourth-order valence-electron chi connectivity index (χ4n) is 1.99. The van der Waals surface area contributed by atoms with E-state index in [-0.39, 0.29) is 12.7 Å². The van der Waals surface area contributed by atoms with Crippen molar-refractivity contribution in [2.45, 2.75) is 51.3 Å². The lowest BCUT2D eigenvalue weighted by molar-refractivity contribution is -0.150. The third-order valence-corrected chi connectivity index (χ3v) is 2.87. The third kappa shape index (κ3) is 4.49. The number of methoxy groups -OCH3 is 1. The molecular weight excluding hydrogens is 252 g/mol. The van der Waals surface area contributed by atoms with Gasteiger partial charge in [0.15, 0.2) is 5.79 Å². The summed E-state index contributed by atoms with van der Waals surface area (Å²) < 4.78 is 20.8. The molecule has 6 heteroatoms. The topological polar surface area (TPSA) is 74.2 Å². The summed E-state index contributed by atoms with van der Waals surface area (Å²) in [6.07, 6.45) is -1.76. The van der Waals surface area contributed by atoms with E-state index in [1.54, 1.807) is 20.8 Å². The van der Waals surface area contributed by atoms with Crippen LogP contribution in [-0.4, -0.2) is 49.1 Å². The zero-order chi connectivity index (χ0) is 14.6. The lowest BCUT2D eigenvalue weighted by Gasteiger charge is -2.22. The number of carbonyl (C=O) groups excluding carboxylic acids is 1. The van der Waals surface area contributed by atoms with Gasteiger partial charge in [-0.1, -0.05) is 6.58 Å². The van der Waals surface area contributed by atoms with Crippen LogP contribution in [0.2, 0.25) is 0 Å². The van der Waals surface area contributed by atoms with Crippen LogP contribution in [-0.2, 0) is 18.9 Å². The van der Waals surface area contributed by atoms with E-state index in [2.05, 4.69) is 11.3 Å². The van der Waals surface area contributed by atoms with Crippen LogP contribution in [0.5, 0.6) is 0 Å². The van der Waals surface area contributed by atoms with Gasteiger partial charge in [0.25, 0.3) is 0 Å². The summed E-state index contributed by atoms with van der Waals surface area (Å²) in [6.45, 7) is 8.92. The number of hydrogen-bond acceptors (Lipinski definition) is 6. The highest BCUT2D eigenvalue weighted by Gasteiger charge is 2.42. The van der Waals surface area contributed by atoms with E-state index in [9.17, 15) is 9.90 Å². The van der Waals surface area contributed by atoms with Crippen LogP contribution in [0.25, 0.3) is 0 Å². The molecule has 0 unspecified atom stereocenters. The Kier molecular flexibility index (Phi) is 5.34. The minimum atomic E-state index is -0.772. The minimum absolute atomic E-state index is 0.158. The molecule has 0 bridgehead atoms.